The van der Waals surface area contributed by atoms with Crippen molar-refractivity contribution in [1.82, 2.24) is 9.55 Å². The molecule has 8 heteroatoms. The van der Waals surface area contributed by atoms with Gasteiger partial charge < -0.3 is 19.9 Å². The first-order chi connectivity index (χ1) is 15.0. The lowest BCUT2D eigenvalue weighted by Crippen LogP contribution is -2.87. The Labute approximate surface area is 179 Å². The summed E-state index contributed by atoms with van der Waals surface area (Å²) in [6, 6.07) is 13.0. The van der Waals surface area contributed by atoms with Crippen molar-refractivity contribution in [2.75, 3.05) is 20.8 Å². The van der Waals surface area contributed by atoms with E-state index in [4.69, 9.17) is 9.47 Å². The Balaban J connectivity index is 1.77. The summed E-state index contributed by atoms with van der Waals surface area (Å²) >= 11 is 0. The van der Waals surface area contributed by atoms with Crippen LogP contribution in [0, 0.1) is 0 Å². The number of hydrogen-bond acceptors (Lipinski definition) is 5. The molecule has 162 valence electrons. The monoisotopic (exact) mass is 424 g/mol. The number of aromatic amines is 1. The number of hydrogen-bond donors (Lipinski definition) is 3. The molecule has 31 heavy (non-hydrogen) atoms. The lowest BCUT2D eigenvalue weighted by Gasteiger charge is -2.26. The highest BCUT2D eigenvalue weighted by Crippen LogP contribution is 2.36. The maximum absolute atomic E-state index is 12.8. The second kappa shape index (κ2) is 8.69. The van der Waals surface area contributed by atoms with Gasteiger partial charge in [0.2, 0.25) is 5.88 Å². The van der Waals surface area contributed by atoms with Crippen LogP contribution < -0.4 is 26.0 Å². The zero-order chi connectivity index (χ0) is 22.0. The van der Waals surface area contributed by atoms with E-state index in [1.54, 1.807) is 14.2 Å². The van der Waals surface area contributed by atoms with E-state index in [0.29, 0.717) is 17.9 Å². The number of nitrogens with zero attached hydrogens (tertiary/aromatic N) is 1. The number of aromatic nitrogens is 2. The molecule has 1 aromatic heterocycles. The van der Waals surface area contributed by atoms with E-state index in [-0.39, 0.29) is 18.0 Å². The molecular formula is C23H26N3O5+. The number of fused-ring (bicyclic) bond motifs is 1. The number of methoxy groups -OCH3 is 2. The Morgan fingerprint density at radius 3 is 2.55 bits per heavy atom. The third-order valence-electron chi connectivity index (χ3n) is 5.78. The Hall–Kier alpha value is -3.52. The summed E-state index contributed by atoms with van der Waals surface area (Å²) in [5.74, 6) is 0.872. The molecule has 1 atom stereocenters. The molecule has 0 spiro atoms. The molecule has 0 radical (unpaired) electrons. The summed E-state index contributed by atoms with van der Waals surface area (Å²) in [5.41, 5.74) is 1.88. The van der Waals surface area contributed by atoms with Gasteiger partial charge in [0.15, 0.2) is 11.5 Å². The molecule has 0 unspecified atom stereocenters. The number of aryl methyl sites for hydroxylation is 1. The van der Waals surface area contributed by atoms with E-state index in [2.05, 4.69) is 4.98 Å². The number of benzene rings is 2. The number of rotatable bonds is 6. The zero-order valence-electron chi connectivity index (χ0n) is 17.6. The van der Waals surface area contributed by atoms with Crippen LogP contribution in [0.5, 0.6) is 17.4 Å². The topological polar surface area (TPSA) is 110 Å². The Bertz CT molecular complexity index is 1200. The number of nitrogens with one attached hydrogen (secondary N) is 1. The van der Waals surface area contributed by atoms with Gasteiger partial charge in [-0.2, -0.15) is 0 Å². The minimum atomic E-state index is -0.620. The molecule has 0 bridgehead atoms. The predicted octanol–water partition coefficient (Wildman–Crippen LogP) is 0.711. The summed E-state index contributed by atoms with van der Waals surface area (Å²) in [6.45, 7) is 0.985. The molecule has 0 fully saturated rings. The van der Waals surface area contributed by atoms with Gasteiger partial charge in [0.05, 0.1) is 20.8 Å². The average molecular weight is 424 g/mol. The van der Waals surface area contributed by atoms with Gasteiger partial charge in [-0.05, 0) is 29.7 Å². The van der Waals surface area contributed by atoms with Gasteiger partial charge in [-0.25, -0.2) is 4.79 Å². The Morgan fingerprint density at radius 2 is 1.84 bits per heavy atom. The second-order valence-corrected chi connectivity index (χ2v) is 7.54. The first-order valence-corrected chi connectivity index (χ1v) is 10.2. The SMILES string of the molecule is COc1cc2c(cc1OC)[C@H](c1c(O)n(CCc3ccccc3)c(=O)[nH]c1=O)[NH2+]CC2. The normalized spacial score (nSPS) is 15.4. The summed E-state index contributed by atoms with van der Waals surface area (Å²) in [4.78, 5) is 27.6. The fraction of sp³-hybridized carbons (Fsp3) is 0.304. The Morgan fingerprint density at radius 1 is 1.13 bits per heavy atom. The molecule has 0 saturated carbocycles. The molecule has 0 saturated heterocycles. The number of ether oxygens (including phenoxy) is 2. The Kier molecular flexibility index (Phi) is 5.81. The highest BCUT2D eigenvalue weighted by atomic mass is 16.5. The van der Waals surface area contributed by atoms with Crippen LogP contribution >= 0.6 is 0 Å². The summed E-state index contributed by atoms with van der Waals surface area (Å²) in [6.07, 6.45) is 1.34. The van der Waals surface area contributed by atoms with Gasteiger partial charge in [-0.3, -0.25) is 14.3 Å². The predicted molar refractivity (Wildman–Crippen MR) is 115 cm³/mol. The lowest BCUT2D eigenvalue weighted by molar-refractivity contribution is -0.690. The maximum atomic E-state index is 12.8. The van der Waals surface area contributed by atoms with Crippen molar-refractivity contribution in [3.63, 3.8) is 0 Å². The van der Waals surface area contributed by atoms with Crippen LogP contribution in [0.15, 0.2) is 52.1 Å². The smallest absolute Gasteiger partial charge is 0.331 e. The molecule has 3 aromatic rings. The van der Waals surface area contributed by atoms with Crippen LogP contribution in [0.2, 0.25) is 0 Å². The van der Waals surface area contributed by atoms with E-state index >= 15 is 0 Å². The van der Waals surface area contributed by atoms with Gasteiger partial charge in [0, 0.05) is 18.5 Å². The van der Waals surface area contributed by atoms with Crippen LogP contribution in [-0.4, -0.2) is 35.4 Å². The highest BCUT2D eigenvalue weighted by molar-refractivity contribution is 5.51. The molecule has 4 rings (SSSR count). The molecule has 0 amide bonds. The van der Waals surface area contributed by atoms with Crippen molar-refractivity contribution in [3.05, 3.63) is 85.6 Å². The van der Waals surface area contributed by atoms with Crippen LogP contribution in [0.4, 0.5) is 0 Å². The quantitative estimate of drug-likeness (QED) is 0.540. The third kappa shape index (κ3) is 3.94. The molecule has 4 N–H and O–H groups in total. The number of nitrogens with two attached hydrogens (primary N) is 1. The molecule has 2 heterocycles. The van der Waals surface area contributed by atoms with Crippen molar-refractivity contribution < 1.29 is 19.9 Å². The van der Waals surface area contributed by atoms with Crippen molar-refractivity contribution in [2.45, 2.75) is 25.4 Å². The molecule has 8 nitrogen and oxygen atoms in total. The van der Waals surface area contributed by atoms with Gasteiger partial charge in [0.1, 0.15) is 11.6 Å². The van der Waals surface area contributed by atoms with Crippen LogP contribution in [-0.2, 0) is 19.4 Å². The van der Waals surface area contributed by atoms with E-state index < -0.39 is 17.3 Å². The fourth-order valence-electron chi connectivity index (χ4n) is 4.20. The number of quaternary nitrogens is 1. The minimum Gasteiger partial charge on any atom is -0.494 e. The minimum absolute atomic E-state index is 0.167. The first-order valence-electron chi connectivity index (χ1n) is 10.2. The van der Waals surface area contributed by atoms with Crippen LogP contribution in [0.25, 0.3) is 0 Å². The second-order valence-electron chi connectivity index (χ2n) is 7.54. The summed E-state index contributed by atoms with van der Waals surface area (Å²) in [7, 11) is 3.13. The van der Waals surface area contributed by atoms with Gasteiger partial charge in [-0.1, -0.05) is 30.3 Å². The standard InChI is InChI=1S/C23H25N3O5/c1-30-17-12-15-8-10-24-20(16(15)13-18(17)31-2)19-21(27)25-23(29)26(22(19)28)11-9-14-6-4-3-5-7-14/h3-7,12-13,20,24,28H,8-11H2,1-2H3,(H,25,27,29)/p+1/t20-/m1/s1. The van der Waals surface area contributed by atoms with E-state index in [9.17, 15) is 14.7 Å². The maximum Gasteiger partial charge on any atom is 0.331 e. The van der Waals surface area contributed by atoms with Gasteiger partial charge >= 0.3 is 5.69 Å². The van der Waals surface area contributed by atoms with E-state index in [1.165, 1.54) is 4.57 Å². The van der Waals surface area contributed by atoms with Crippen molar-refractivity contribution >= 4 is 0 Å². The number of H-pyrrole nitrogens is 1. The van der Waals surface area contributed by atoms with E-state index in [0.717, 1.165) is 29.7 Å². The van der Waals surface area contributed by atoms with Crippen LogP contribution in [0.3, 0.4) is 0 Å². The molecule has 1 aliphatic rings. The van der Waals surface area contributed by atoms with Crippen LogP contribution in [0.1, 0.15) is 28.3 Å². The van der Waals surface area contributed by atoms with Crippen molar-refractivity contribution in [3.8, 4) is 17.4 Å². The van der Waals surface area contributed by atoms with E-state index in [1.807, 2.05) is 47.8 Å². The number of aromatic hydroxyl groups is 1. The van der Waals surface area contributed by atoms with Gasteiger partial charge in [-0.15, -0.1) is 0 Å². The van der Waals surface area contributed by atoms with Crippen molar-refractivity contribution in [2.24, 2.45) is 0 Å². The third-order valence-corrected chi connectivity index (χ3v) is 5.78. The molecule has 2 aromatic carbocycles. The largest absolute Gasteiger partial charge is 0.494 e. The average Bonchev–Trinajstić information content (AvgIpc) is 2.78. The molecule has 0 aliphatic carbocycles. The first kappa shape index (κ1) is 20.7. The summed E-state index contributed by atoms with van der Waals surface area (Å²) in [5, 5.41) is 13.0. The van der Waals surface area contributed by atoms with Crippen molar-refractivity contribution in [1.29, 1.82) is 0 Å². The lowest BCUT2D eigenvalue weighted by atomic mass is 9.90. The van der Waals surface area contributed by atoms with Gasteiger partial charge in [0.25, 0.3) is 5.56 Å². The molecular weight excluding hydrogens is 398 g/mol. The highest BCUT2D eigenvalue weighted by Gasteiger charge is 2.33. The fourth-order valence-corrected chi connectivity index (χ4v) is 4.20. The zero-order valence-corrected chi connectivity index (χ0v) is 17.6. The molecule has 1 aliphatic heterocycles. The summed E-state index contributed by atoms with van der Waals surface area (Å²) < 4.78 is 12.1.